The molecule has 0 bridgehead atoms. The summed E-state index contributed by atoms with van der Waals surface area (Å²) in [6.45, 7) is 1.36. The van der Waals surface area contributed by atoms with E-state index < -0.39 is 11.5 Å². The molecule has 27 heavy (non-hydrogen) atoms. The van der Waals surface area contributed by atoms with E-state index in [0.29, 0.717) is 42.8 Å². The third kappa shape index (κ3) is 5.59. The van der Waals surface area contributed by atoms with Crippen LogP contribution in [-0.4, -0.2) is 48.6 Å². The molecule has 148 valence electrons. The van der Waals surface area contributed by atoms with Crippen LogP contribution >= 0.6 is 11.6 Å². The number of carbonyl (C=O) groups is 2. The summed E-state index contributed by atoms with van der Waals surface area (Å²) in [6, 6.07) is 6.98. The fraction of sp³-hybridized carbons (Fsp3) is 0.600. The molecule has 1 atom stereocenters. The predicted octanol–water partition coefficient (Wildman–Crippen LogP) is 2.77. The Labute approximate surface area is 164 Å². The molecule has 3 rings (SSSR count). The molecule has 1 aromatic rings. The molecule has 2 N–H and O–H groups in total. The van der Waals surface area contributed by atoms with Crippen molar-refractivity contribution in [3.63, 3.8) is 0 Å². The lowest BCUT2D eigenvalue weighted by Gasteiger charge is -2.42. The maximum absolute atomic E-state index is 12.7. The first kappa shape index (κ1) is 20.0. The van der Waals surface area contributed by atoms with Gasteiger partial charge in [0.15, 0.2) is 0 Å². The van der Waals surface area contributed by atoms with Crippen LogP contribution in [0.25, 0.3) is 0 Å². The number of hydrogen-bond acceptors (Lipinski definition) is 4. The Morgan fingerprint density at radius 1 is 1.26 bits per heavy atom. The van der Waals surface area contributed by atoms with Gasteiger partial charge in [0.25, 0.3) is 0 Å². The molecule has 1 saturated carbocycles. The van der Waals surface area contributed by atoms with Gasteiger partial charge in [-0.1, -0.05) is 24.4 Å². The van der Waals surface area contributed by atoms with Crippen LogP contribution in [0, 0.1) is 5.92 Å². The number of amides is 2. The van der Waals surface area contributed by atoms with E-state index in [0.717, 1.165) is 12.8 Å². The van der Waals surface area contributed by atoms with Gasteiger partial charge >= 0.3 is 0 Å². The van der Waals surface area contributed by atoms with Gasteiger partial charge in [0.05, 0.1) is 19.6 Å². The molecule has 1 aliphatic carbocycles. The molecule has 0 aromatic heterocycles. The van der Waals surface area contributed by atoms with E-state index in [1.807, 2.05) is 0 Å². The second-order valence-corrected chi connectivity index (χ2v) is 8.02. The van der Waals surface area contributed by atoms with Crippen LogP contribution in [0.3, 0.4) is 0 Å². The quantitative estimate of drug-likeness (QED) is 0.770. The van der Waals surface area contributed by atoms with E-state index in [4.69, 9.17) is 26.8 Å². The zero-order valence-corrected chi connectivity index (χ0v) is 16.2. The predicted molar refractivity (Wildman–Crippen MR) is 103 cm³/mol. The van der Waals surface area contributed by atoms with Gasteiger partial charge in [-0.15, -0.1) is 0 Å². The maximum atomic E-state index is 12.7. The highest BCUT2D eigenvalue weighted by atomic mass is 35.5. The molecule has 1 unspecified atom stereocenters. The van der Waals surface area contributed by atoms with Gasteiger partial charge in [-0.05, 0) is 43.0 Å². The highest BCUT2D eigenvalue weighted by Crippen LogP contribution is 2.30. The number of halogens is 1. The highest BCUT2D eigenvalue weighted by Gasteiger charge is 2.41. The Hall–Kier alpha value is -1.79. The van der Waals surface area contributed by atoms with E-state index in [9.17, 15) is 9.59 Å². The van der Waals surface area contributed by atoms with Crippen LogP contribution in [-0.2, 0) is 14.3 Å². The van der Waals surface area contributed by atoms with Gasteiger partial charge in [0.2, 0.25) is 11.8 Å². The molecule has 2 aliphatic rings. The number of hydrogen-bond donors (Lipinski definition) is 1. The van der Waals surface area contributed by atoms with Gasteiger partial charge < -0.3 is 20.1 Å². The normalized spacial score (nSPS) is 23.4. The highest BCUT2D eigenvalue weighted by molar-refractivity contribution is 6.30. The smallest absolute Gasteiger partial charge is 0.223 e. The van der Waals surface area contributed by atoms with Crippen LogP contribution in [0.4, 0.5) is 0 Å². The summed E-state index contributed by atoms with van der Waals surface area (Å²) in [6.07, 6.45) is 5.26. The van der Waals surface area contributed by atoms with Crippen molar-refractivity contribution in [1.29, 1.82) is 0 Å². The van der Waals surface area contributed by atoms with E-state index in [1.165, 1.54) is 12.8 Å². The molecule has 0 radical (unpaired) electrons. The molecule has 2 fully saturated rings. The van der Waals surface area contributed by atoms with Gasteiger partial charge in [-0.2, -0.15) is 0 Å². The lowest BCUT2D eigenvalue weighted by Crippen LogP contribution is -2.58. The van der Waals surface area contributed by atoms with Crippen molar-refractivity contribution in [2.24, 2.45) is 11.7 Å². The minimum Gasteiger partial charge on any atom is -0.490 e. The molecule has 0 spiro atoms. The first-order valence-electron chi connectivity index (χ1n) is 9.54. The SMILES string of the molecule is NC(=O)CC1(COc2ccc(Cl)cc2)CN(C(=O)CC2CCCC2)CCO1. The summed E-state index contributed by atoms with van der Waals surface area (Å²) in [4.78, 5) is 26.2. The second kappa shape index (κ2) is 8.93. The molecule has 1 heterocycles. The average molecular weight is 395 g/mol. The van der Waals surface area contributed by atoms with Gasteiger partial charge in [0, 0.05) is 18.0 Å². The lowest BCUT2D eigenvalue weighted by atomic mass is 9.96. The van der Waals surface area contributed by atoms with Gasteiger partial charge in [-0.3, -0.25) is 9.59 Å². The fourth-order valence-electron chi connectivity index (χ4n) is 3.96. The average Bonchev–Trinajstić information content (AvgIpc) is 3.14. The number of ether oxygens (including phenoxy) is 2. The van der Waals surface area contributed by atoms with E-state index in [2.05, 4.69) is 0 Å². The van der Waals surface area contributed by atoms with Crippen LogP contribution in [0.2, 0.25) is 5.02 Å². The molecule has 6 nitrogen and oxygen atoms in total. The van der Waals surface area contributed by atoms with Crippen LogP contribution in [0.1, 0.15) is 38.5 Å². The second-order valence-electron chi connectivity index (χ2n) is 7.59. The summed E-state index contributed by atoms with van der Waals surface area (Å²) in [7, 11) is 0. The third-order valence-electron chi connectivity index (χ3n) is 5.35. The molecular weight excluding hydrogens is 368 g/mol. The fourth-order valence-corrected chi connectivity index (χ4v) is 4.08. The van der Waals surface area contributed by atoms with Crippen LogP contribution < -0.4 is 10.5 Å². The molecule has 1 aliphatic heterocycles. The number of morpholine rings is 1. The number of nitrogens with zero attached hydrogens (tertiary/aromatic N) is 1. The minimum atomic E-state index is -0.922. The Bertz CT molecular complexity index is 660. The molecule has 1 saturated heterocycles. The van der Waals surface area contributed by atoms with E-state index in [-0.39, 0.29) is 18.9 Å². The molecule has 7 heteroatoms. The first-order chi connectivity index (χ1) is 13.0. The van der Waals surface area contributed by atoms with Crippen molar-refractivity contribution in [3.8, 4) is 5.75 Å². The van der Waals surface area contributed by atoms with Crippen molar-refractivity contribution in [1.82, 2.24) is 4.90 Å². The number of carbonyl (C=O) groups excluding carboxylic acids is 2. The first-order valence-corrected chi connectivity index (χ1v) is 9.92. The number of benzene rings is 1. The number of rotatable bonds is 7. The van der Waals surface area contributed by atoms with E-state index >= 15 is 0 Å². The summed E-state index contributed by atoms with van der Waals surface area (Å²) in [5, 5.41) is 0.617. The molecule has 2 amide bonds. The van der Waals surface area contributed by atoms with Crippen LogP contribution in [0.15, 0.2) is 24.3 Å². The van der Waals surface area contributed by atoms with Crippen molar-refractivity contribution in [3.05, 3.63) is 29.3 Å². The largest absolute Gasteiger partial charge is 0.490 e. The monoisotopic (exact) mass is 394 g/mol. The van der Waals surface area contributed by atoms with Crippen molar-refractivity contribution < 1.29 is 19.1 Å². The van der Waals surface area contributed by atoms with Gasteiger partial charge in [-0.25, -0.2) is 0 Å². The molecular formula is C20H27ClN2O4. The topological polar surface area (TPSA) is 81.9 Å². The summed E-state index contributed by atoms with van der Waals surface area (Å²) in [5.74, 6) is 0.766. The zero-order valence-electron chi connectivity index (χ0n) is 15.5. The number of nitrogens with two attached hydrogens (primary N) is 1. The summed E-state index contributed by atoms with van der Waals surface area (Å²) >= 11 is 5.89. The zero-order chi connectivity index (χ0) is 19.3. The maximum Gasteiger partial charge on any atom is 0.223 e. The van der Waals surface area contributed by atoms with Crippen molar-refractivity contribution in [2.45, 2.75) is 44.1 Å². The van der Waals surface area contributed by atoms with E-state index in [1.54, 1.807) is 29.2 Å². The summed E-state index contributed by atoms with van der Waals surface area (Å²) < 4.78 is 11.8. The lowest BCUT2D eigenvalue weighted by molar-refractivity contribution is -0.162. The Morgan fingerprint density at radius 3 is 2.63 bits per heavy atom. The standard InChI is InChI=1S/C20H27ClN2O4/c21-16-5-7-17(8-6-16)26-14-20(12-18(22)24)13-23(9-10-27-20)19(25)11-15-3-1-2-4-15/h5-8,15H,1-4,9-14H2,(H2,22,24). The Balaban J connectivity index is 1.65. The third-order valence-corrected chi connectivity index (χ3v) is 5.60. The van der Waals surface area contributed by atoms with Gasteiger partial charge in [0.1, 0.15) is 18.0 Å². The summed E-state index contributed by atoms with van der Waals surface area (Å²) in [5.41, 5.74) is 4.53. The Morgan fingerprint density at radius 2 is 1.96 bits per heavy atom. The van der Waals surface area contributed by atoms with Crippen LogP contribution in [0.5, 0.6) is 5.75 Å². The van der Waals surface area contributed by atoms with Crippen molar-refractivity contribution in [2.75, 3.05) is 26.3 Å². The Kier molecular flexibility index (Phi) is 6.60. The van der Waals surface area contributed by atoms with Crippen molar-refractivity contribution >= 4 is 23.4 Å². The number of primary amides is 1. The molecule has 1 aromatic carbocycles. The minimum absolute atomic E-state index is 0.00774.